The third-order valence-corrected chi connectivity index (χ3v) is 4.69. The summed E-state index contributed by atoms with van der Waals surface area (Å²) in [6.07, 6.45) is 1.51. The zero-order chi connectivity index (χ0) is 16.2. The molecule has 1 amide bonds. The van der Waals surface area contributed by atoms with Crippen LogP contribution in [-0.4, -0.2) is 49.3 Å². The minimum absolute atomic E-state index is 0.0913. The molecule has 1 N–H and O–H groups in total. The second-order valence-electron chi connectivity index (χ2n) is 6.20. The second kappa shape index (κ2) is 7.62. The Morgan fingerprint density at radius 2 is 2.13 bits per heavy atom. The molecule has 1 aromatic carbocycles. The number of rotatable bonds is 4. The number of carbonyl (C=O) groups is 1. The Morgan fingerprint density at radius 3 is 2.78 bits per heavy atom. The summed E-state index contributed by atoms with van der Waals surface area (Å²) in [5.41, 5.74) is 1.78. The van der Waals surface area contributed by atoms with Crippen molar-refractivity contribution in [2.75, 3.05) is 31.6 Å². The van der Waals surface area contributed by atoms with Crippen molar-refractivity contribution >= 4 is 23.2 Å². The fraction of sp³-hybridized carbons (Fsp3) is 0.588. The van der Waals surface area contributed by atoms with Crippen LogP contribution in [0.4, 0.5) is 5.69 Å². The van der Waals surface area contributed by atoms with Crippen LogP contribution in [0.25, 0.3) is 0 Å². The predicted molar refractivity (Wildman–Crippen MR) is 89.7 cm³/mol. The standard InChI is InChI=1S/C17H23ClN2O3/c1-12-2-5-16(23-12)17(21)19-14-4-3-13(15(18)10-14)11-20-6-8-22-9-7-20/h3-4,10,12,16H,2,5-9,11H2,1H3,(H,19,21)/t12-,16-/m0/s1. The maximum atomic E-state index is 12.2. The molecule has 1 aromatic rings. The molecule has 2 saturated heterocycles. The van der Waals surface area contributed by atoms with Crippen molar-refractivity contribution < 1.29 is 14.3 Å². The van der Waals surface area contributed by atoms with E-state index in [0.29, 0.717) is 10.7 Å². The molecule has 0 radical (unpaired) electrons. The Bertz CT molecular complexity index is 561. The Labute approximate surface area is 141 Å². The summed E-state index contributed by atoms with van der Waals surface area (Å²) >= 11 is 6.37. The van der Waals surface area contributed by atoms with Crippen LogP contribution in [0.2, 0.25) is 5.02 Å². The fourth-order valence-corrected chi connectivity index (χ4v) is 3.21. The first kappa shape index (κ1) is 16.7. The van der Waals surface area contributed by atoms with E-state index in [4.69, 9.17) is 21.1 Å². The predicted octanol–water partition coefficient (Wildman–Crippen LogP) is 2.68. The lowest BCUT2D eigenvalue weighted by Crippen LogP contribution is -2.35. The molecular weight excluding hydrogens is 316 g/mol. The van der Waals surface area contributed by atoms with Crippen molar-refractivity contribution in [2.45, 2.75) is 38.5 Å². The van der Waals surface area contributed by atoms with Gasteiger partial charge < -0.3 is 14.8 Å². The highest BCUT2D eigenvalue weighted by molar-refractivity contribution is 6.31. The van der Waals surface area contributed by atoms with Crippen LogP contribution in [-0.2, 0) is 20.8 Å². The van der Waals surface area contributed by atoms with Gasteiger partial charge in [-0.2, -0.15) is 0 Å². The summed E-state index contributed by atoms with van der Waals surface area (Å²) in [5.74, 6) is -0.0913. The first-order chi connectivity index (χ1) is 11.1. The molecule has 2 fully saturated rings. The smallest absolute Gasteiger partial charge is 0.253 e. The highest BCUT2D eigenvalue weighted by Crippen LogP contribution is 2.24. The van der Waals surface area contributed by atoms with Gasteiger partial charge in [0.05, 0.1) is 19.3 Å². The summed E-state index contributed by atoms with van der Waals surface area (Å²) in [6, 6.07) is 5.69. The molecule has 2 aliphatic heterocycles. The van der Waals surface area contributed by atoms with E-state index < -0.39 is 0 Å². The van der Waals surface area contributed by atoms with Gasteiger partial charge in [0.1, 0.15) is 6.10 Å². The zero-order valence-corrected chi connectivity index (χ0v) is 14.1. The first-order valence-corrected chi connectivity index (χ1v) is 8.54. The van der Waals surface area contributed by atoms with Gasteiger partial charge in [0.2, 0.25) is 0 Å². The number of ether oxygens (including phenoxy) is 2. The van der Waals surface area contributed by atoms with Crippen molar-refractivity contribution in [3.8, 4) is 0 Å². The van der Waals surface area contributed by atoms with E-state index in [0.717, 1.165) is 51.3 Å². The molecule has 2 aliphatic rings. The van der Waals surface area contributed by atoms with E-state index in [1.165, 1.54) is 0 Å². The molecule has 0 bridgehead atoms. The molecule has 0 aliphatic carbocycles. The Morgan fingerprint density at radius 1 is 1.35 bits per heavy atom. The van der Waals surface area contributed by atoms with E-state index in [1.54, 1.807) is 0 Å². The van der Waals surface area contributed by atoms with Gasteiger partial charge >= 0.3 is 0 Å². The fourth-order valence-electron chi connectivity index (χ4n) is 2.97. The number of nitrogens with one attached hydrogen (secondary N) is 1. The van der Waals surface area contributed by atoms with Crippen LogP contribution in [0.1, 0.15) is 25.3 Å². The molecule has 0 spiro atoms. The van der Waals surface area contributed by atoms with E-state index >= 15 is 0 Å². The number of nitrogens with zero attached hydrogens (tertiary/aromatic N) is 1. The van der Waals surface area contributed by atoms with Gasteiger partial charge in [-0.25, -0.2) is 0 Å². The largest absolute Gasteiger partial charge is 0.379 e. The zero-order valence-electron chi connectivity index (χ0n) is 13.4. The molecule has 23 heavy (non-hydrogen) atoms. The van der Waals surface area contributed by atoms with Crippen LogP contribution in [0.5, 0.6) is 0 Å². The lowest BCUT2D eigenvalue weighted by molar-refractivity contribution is -0.126. The summed E-state index contributed by atoms with van der Waals surface area (Å²) in [5, 5.41) is 3.57. The second-order valence-corrected chi connectivity index (χ2v) is 6.60. The molecule has 5 nitrogen and oxygen atoms in total. The maximum absolute atomic E-state index is 12.2. The number of hydrogen-bond acceptors (Lipinski definition) is 4. The highest BCUT2D eigenvalue weighted by Gasteiger charge is 2.28. The third kappa shape index (κ3) is 4.44. The minimum atomic E-state index is -0.350. The van der Waals surface area contributed by atoms with Crippen LogP contribution < -0.4 is 5.32 Å². The average Bonchev–Trinajstić information content (AvgIpc) is 2.98. The quantitative estimate of drug-likeness (QED) is 0.917. The lowest BCUT2D eigenvalue weighted by Gasteiger charge is -2.27. The average molecular weight is 339 g/mol. The topological polar surface area (TPSA) is 50.8 Å². The van der Waals surface area contributed by atoms with E-state index in [9.17, 15) is 4.79 Å². The monoisotopic (exact) mass is 338 g/mol. The summed E-state index contributed by atoms with van der Waals surface area (Å²) in [4.78, 5) is 14.5. The third-order valence-electron chi connectivity index (χ3n) is 4.34. The van der Waals surface area contributed by atoms with Crippen LogP contribution >= 0.6 is 11.6 Å². The van der Waals surface area contributed by atoms with Gasteiger partial charge in [0.25, 0.3) is 5.91 Å². The lowest BCUT2D eigenvalue weighted by atomic mass is 10.1. The van der Waals surface area contributed by atoms with Crippen LogP contribution in [0.3, 0.4) is 0 Å². The van der Waals surface area contributed by atoms with Gasteiger partial charge in [-0.1, -0.05) is 17.7 Å². The Kier molecular flexibility index (Phi) is 5.54. The van der Waals surface area contributed by atoms with E-state index in [-0.39, 0.29) is 18.1 Å². The van der Waals surface area contributed by atoms with Gasteiger partial charge in [-0.3, -0.25) is 9.69 Å². The van der Waals surface area contributed by atoms with Gasteiger partial charge in [0.15, 0.2) is 0 Å². The molecule has 126 valence electrons. The molecule has 6 heteroatoms. The van der Waals surface area contributed by atoms with Crippen LogP contribution in [0, 0.1) is 0 Å². The molecule has 2 heterocycles. The summed E-state index contributed by atoms with van der Waals surface area (Å²) < 4.78 is 10.9. The van der Waals surface area contributed by atoms with Gasteiger partial charge in [0, 0.05) is 30.3 Å². The normalized spacial score (nSPS) is 25.5. The Hall–Kier alpha value is -1.14. The minimum Gasteiger partial charge on any atom is -0.379 e. The highest BCUT2D eigenvalue weighted by atomic mass is 35.5. The van der Waals surface area contributed by atoms with Crippen molar-refractivity contribution in [1.29, 1.82) is 0 Å². The SMILES string of the molecule is C[C@H]1CC[C@@H](C(=O)Nc2ccc(CN3CCOCC3)c(Cl)c2)O1. The number of morpholine rings is 1. The van der Waals surface area contributed by atoms with E-state index in [1.807, 2.05) is 25.1 Å². The van der Waals surface area contributed by atoms with Gasteiger partial charge in [-0.05, 0) is 37.5 Å². The maximum Gasteiger partial charge on any atom is 0.253 e. The molecule has 2 atom stereocenters. The summed E-state index contributed by atoms with van der Waals surface area (Å²) in [7, 11) is 0. The van der Waals surface area contributed by atoms with Gasteiger partial charge in [-0.15, -0.1) is 0 Å². The Balaban J connectivity index is 1.58. The molecule has 0 unspecified atom stereocenters. The number of halogens is 1. The number of anilines is 1. The number of amides is 1. The van der Waals surface area contributed by atoms with Crippen molar-refractivity contribution in [3.63, 3.8) is 0 Å². The molecule has 3 rings (SSSR count). The molecule has 0 saturated carbocycles. The number of benzene rings is 1. The van der Waals surface area contributed by atoms with E-state index in [2.05, 4.69) is 10.2 Å². The molecule has 0 aromatic heterocycles. The number of carbonyl (C=O) groups excluding carboxylic acids is 1. The van der Waals surface area contributed by atoms with Crippen molar-refractivity contribution in [3.05, 3.63) is 28.8 Å². The number of hydrogen-bond donors (Lipinski definition) is 1. The van der Waals surface area contributed by atoms with Crippen molar-refractivity contribution in [2.24, 2.45) is 0 Å². The van der Waals surface area contributed by atoms with Crippen LogP contribution in [0.15, 0.2) is 18.2 Å². The summed E-state index contributed by atoms with van der Waals surface area (Å²) in [6.45, 7) is 6.18. The first-order valence-electron chi connectivity index (χ1n) is 8.16. The molecular formula is C17H23ClN2O3. The van der Waals surface area contributed by atoms with Crippen molar-refractivity contribution in [1.82, 2.24) is 4.90 Å².